The van der Waals surface area contributed by atoms with Gasteiger partial charge in [0, 0.05) is 0 Å². The van der Waals surface area contributed by atoms with Gasteiger partial charge in [0.2, 0.25) is 0 Å². The van der Waals surface area contributed by atoms with Gasteiger partial charge in [0.25, 0.3) is 5.56 Å². The third kappa shape index (κ3) is 3.96. The Morgan fingerprint density at radius 3 is 2.41 bits per heavy atom. The maximum Gasteiger partial charge on any atom is 0.338 e. The molecule has 1 atom stereocenters. The standard InChI is InChI=1S/C25H23FN2O3S/c1-14(2)17-7-9-18(10-8-17)22-21(24(30)31-4)15(3)27-25-28(22)23(29)20(32-25)13-16-5-11-19(26)12-6-16/h5-14,22H,1-4H3/b20-13+. The molecular weight excluding hydrogens is 427 g/mol. The number of carbonyl (C=O) groups excluding carboxylic acids is 1. The van der Waals surface area contributed by atoms with E-state index in [1.807, 2.05) is 24.3 Å². The van der Waals surface area contributed by atoms with Gasteiger partial charge < -0.3 is 4.74 Å². The van der Waals surface area contributed by atoms with E-state index in [1.54, 1.807) is 29.7 Å². The number of methoxy groups -OCH3 is 1. The highest BCUT2D eigenvalue weighted by Gasteiger charge is 2.33. The number of esters is 1. The fourth-order valence-corrected chi connectivity index (χ4v) is 4.83. The minimum Gasteiger partial charge on any atom is -0.466 e. The number of thiazole rings is 1. The van der Waals surface area contributed by atoms with Crippen molar-refractivity contribution in [1.29, 1.82) is 0 Å². The number of hydrogen-bond acceptors (Lipinski definition) is 5. The van der Waals surface area contributed by atoms with E-state index < -0.39 is 12.0 Å². The summed E-state index contributed by atoms with van der Waals surface area (Å²) in [6.45, 7) is 5.97. The number of allylic oxidation sites excluding steroid dienone is 1. The second kappa shape index (κ2) is 8.67. The molecule has 7 heteroatoms. The van der Waals surface area contributed by atoms with Gasteiger partial charge in [0.05, 0.1) is 29.0 Å². The average Bonchev–Trinajstić information content (AvgIpc) is 3.08. The molecule has 0 saturated heterocycles. The number of halogens is 1. The van der Waals surface area contributed by atoms with Crippen LogP contribution in [0, 0.1) is 5.82 Å². The van der Waals surface area contributed by atoms with Crippen LogP contribution in [-0.2, 0) is 9.53 Å². The van der Waals surface area contributed by atoms with Crippen LogP contribution in [0.3, 0.4) is 0 Å². The zero-order valence-corrected chi connectivity index (χ0v) is 19.1. The Balaban J connectivity index is 1.93. The lowest BCUT2D eigenvalue weighted by molar-refractivity contribution is -0.136. The van der Waals surface area contributed by atoms with Crippen LogP contribution >= 0.6 is 11.3 Å². The Bertz CT molecular complexity index is 1380. The number of carbonyl (C=O) groups is 1. The quantitative estimate of drug-likeness (QED) is 0.570. The van der Waals surface area contributed by atoms with Crippen LogP contribution in [0.15, 0.2) is 69.6 Å². The molecule has 0 amide bonds. The molecule has 4 rings (SSSR count). The van der Waals surface area contributed by atoms with E-state index in [2.05, 4.69) is 18.8 Å². The third-order valence-corrected chi connectivity index (χ3v) is 6.50. The summed E-state index contributed by atoms with van der Waals surface area (Å²) in [5.41, 5.74) is 3.27. The molecule has 0 bridgehead atoms. The number of fused-ring (bicyclic) bond motifs is 1. The van der Waals surface area contributed by atoms with Gasteiger partial charge in [0.1, 0.15) is 5.82 Å². The van der Waals surface area contributed by atoms with Gasteiger partial charge in [0.15, 0.2) is 4.80 Å². The van der Waals surface area contributed by atoms with Gasteiger partial charge in [-0.2, -0.15) is 0 Å². The van der Waals surface area contributed by atoms with Crippen molar-refractivity contribution in [1.82, 2.24) is 4.57 Å². The molecule has 2 aromatic carbocycles. The summed E-state index contributed by atoms with van der Waals surface area (Å²) in [6, 6.07) is 13.2. The van der Waals surface area contributed by atoms with Crippen molar-refractivity contribution in [2.75, 3.05) is 7.11 Å². The second-order valence-corrected chi connectivity index (χ2v) is 8.96. The zero-order chi connectivity index (χ0) is 23.0. The van der Waals surface area contributed by atoms with Gasteiger partial charge in [-0.25, -0.2) is 14.2 Å². The fraction of sp³-hybridized carbons (Fsp3) is 0.240. The molecule has 0 N–H and O–H groups in total. The third-order valence-electron chi connectivity index (χ3n) is 5.51. The summed E-state index contributed by atoms with van der Waals surface area (Å²) in [5.74, 6) is -0.497. The molecule has 0 aliphatic carbocycles. The first-order chi connectivity index (χ1) is 15.3. The second-order valence-electron chi connectivity index (χ2n) is 7.95. The van der Waals surface area contributed by atoms with Gasteiger partial charge >= 0.3 is 5.97 Å². The van der Waals surface area contributed by atoms with Crippen LogP contribution in [0.2, 0.25) is 0 Å². The van der Waals surface area contributed by atoms with Gasteiger partial charge in [-0.1, -0.05) is 61.6 Å². The van der Waals surface area contributed by atoms with E-state index in [9.17, 15) is 14.0 Å². The molecule has 1 unspecified atom stereocenters. The van der Waals surface area contributed by atoms with Crippen molar-refractivity contribution < 1.29 is 13.9 Å². The molecule has 1 aromatic heterocycles. The normalized spacial score (nSPS) is 16.2. The molecule has 32 heavy (non-hydrogen) atoms. The van der Waals surface area contributed by atoms with E-state index >= 15 is 0 Å². The Morgan fingerprint density at radius 1 is 1.16 bits per heavy atom. The lowest BCUT2D eigenvalue weighted by Crippen LogP contribution is -2.39. The summed E-state index contributed by atoms with van der Waals surface area (Å²) in [4.78, 5) is 31.2. The molecule has 5 nitrogen and oxygen atoms in total. The summed E-state index contributed by atoms with van der Waals surface area (Å²) in [5, 5.41) is 0. The lowest BCUT2D eigenvalue weighted by atomic mass is 9.93. The first kappa shape index (κ1) is 21.9. The average molecular weight is 451 g/mol. The highest BCUT2D eigenvalue weighted by Crippen LogP contribution is 2.31. The molecule has 0 radical (unpaired) electrons. The first-order valence-electron chi connectivity index (χ1n) is 10.3. The van der Waals surface area contributed by atoms with Crippen molar-refractivity contribution in [3.63, 3.8) is 0 Å². The van der Waals surface area contributed by atoms with E-state index in [0.717, 1.165) is 11.1 Å². The summed E-state index contributed by atoms with van der Waals surface area (Å²) >= 11 is 1.24. The highest BCUT2D eigenvalue weighted by molar-refractivity contribution is 7.07. The maximum atomic E-state index is 13.4. The van der Waals surface area contributed by atoms with Crippen LogP contribution < -0.4 is 14.9 Å². The molecule has 1 aliphatic rings. The van der Waals surface area contributed by atoms with Crippen LogP contribution in [0.5, 0.6) is 0 Å². The van der Waals surface area contributed by atoms with Gasteiger partial charge in [-0.3, -0.25) is 9.36 Å². The number of rotatable bonds is 4. The van der Waals surface area contributed by atoms with Crippen LogP contribution in [0.1, 0.15) is 49.4 Å². The predicted octanol–water partition coefficient (Wildman–Crippen LogP) is 3.67. The van der Waals surface area contributed by atoms with Gasteiger partial charge in [-0.15, -0.1) is 0 Å². The molecule has 3 aromatic rings. The molecule has 0 saturated carbocycles. The minimum absolute atomic E-state index is 0.259. The summed E-state index contributed by atoms with van der Waals surface area (Å²) < 4.78 is 20.3. The number of benzene rings is 2. The zero-order valence-electron chi connectivity index (χ0n) is 18.3. The molecule has 0 spiro atoms. The molecule has 1 aliphatic heterocycles. The van der Waals surface area contributed by atoms with Crippen molar-refractivity contribution in [2.24, 2.45) is 4.99 Å². The Labute approximate surface area is 188 Å². The summed E-state index contributed by atoms with van der Waals surface area (Å²) in [6.07, 6.45) is 1.71. The molecule has 2 heterocycles. The SMILES string of the molecule is COC(=O)C1=C(C)N=c2s/c(=C/c3ccc(F)cc3)c(=O)n2C1c1ccc(C(C)C)cc1. The van der Waals surface area contributed by atoms with Crippen molar-refractivity contribution >= 4 is 23.4 Å². The Kier molecular flexibility index (Phi) is 5.93. The minimum atomic E-state index is -0.643. The fourth-order valence-electron chi connectivity index (χ4n) is 3.78. The van der Waals surface area contributed by atoms with Crippen LogP contribution in [0.4, 0.5) is 4.39 Å². The summed E-state index contributed by atoms with van der Waals surface area (Å²) in [7, 11) is 1.32. The van der Waals surface area contributed by atoms with E-state index in [0.29, 0.717) is 32.1 Å². The Hall–Kier alpha value is -3.32. The Morgan fingerprint density at radius 2 is 1.81 bits per heavy atom. The van der Waals surface area contributed by atoms with Crippen molar-refractivity contribution in [3.8, 4) is 0 Å². The predicted molar refractivity (Wildman–Crippen MR) is 123 cm³/mol. The molecule has 0 fully saturated rings. The lowest BCUT2D eigenvalue weighted by Gasteiger charge is -2.24. The smallest absolute Gasteiger partial charge is 0.338 e. The van der Waals surface area contributed by atoms with Gasteiger partial charge in [-0.05, 0) is 47.7 Å². The topological polar surface area (TPSA) is 60.7 Å². The molecular formula is C25H23FN2O3S. The number of ether oxygens (including phenoxy) is 1. The van der Waals surface area contributed by atoms with E-state index in [-0.39, 0.29) is 11.4 Å². The molecule has 164 valence electrons. The first-order valence-corrected chi connectivity index (χ1v) is 11.1. The van der Waals surface area contributed by atoms with Crippen LogP contribution in [-0.4, -0.2) is 17.6 Å². The van der Waals surface area contributed by atoms with Crippen LogP contribution in [0.25, 0.3) is 6.08 Å². The highest BCUT2D eigenvalue weighted by atomic mass is 32.1. The number of hydrogen-bond donors (Lipinski definition) is 0. The largest absolute Gasteiger partial charge is 0.466 e. The number of aromatic nitrogens is 1. The number of nitrogens with zero attached hydrogens (tertiary/aromatic N) is 2. The van der Waals surface area contributed by atoms with E-state index in [4.69, 9.17) is 4.74 Å². The van der Waals surface area contributed by atoms with Crippen molar-refractivity contribution in [3.05, 3.63) is 102 Å². The van der Waals surface area contributed by atoms with E-state index in [1.165, 1.54) is 30.6 Å². The monoisotopic (exact) mass is 450 g/mol. The van der Waals surface area contributed by atoms with Crippen molar-refractivity contribution in [2.45, 2.75) is 32.7 Å². The maximum absolute atomic E-state index is 13.4.